The van der Waals surface area contributed by atoms with Gasteiger partial charge in [0.05, 0.1) is 34.7 Å². The van der Waals surface area contributed by atoms with Gasteiger partial charge < -0.3 is 25.8 Å². The van der Waals surface area contributed by atoms with Crippen LogP contribution in [0.2, 0.25) is 0 Å². The molecule has 0 atom stereocenters. The van der Waals surface area contributed by atoms with Crippen LogP contribution in [0.4, 0.5) is 23.9 Å². The molecule has 0 saturated carbocycles. The lowest BCUT2D eigenvalue weighted by Gasteiger charge is -2.29. The molecule has 3 aromatic rings. The summed E-state index contributed by atoms with van der Waals surface area (Å²) in [7, 11) is 0. The van der Waals surface area contributed by atoms with E-state index < -0.39 is 23.6 Å². The first-order valence-electron chi connectivity index (χ1n) is 9.56. The van der Waals surface area contributed by atoms with Crippen LogP contribution in [0, 0.1) is 0 Å². The van der Waals surface area contributed by atoms with Crippen molar-refractivity contribution < 1.29 is 32.6 Å². The Hall–Kier alpha value is -3.31. The third-order valence-corrected chi connectivity index (χ3v) is 6.21. The highest BCUT2D eigenvalue weighted by Gasteiger charge is 2.30. The number of hydrogen-bond donors (Lipinski definition) is 3. The van der Waals surface area contributed by atoms with Crippen LogP contribution in [0.15, 0.2) is 36.4 Å². The van der Waals surface area contributed by atoms with Gasteiger partial charge in [-0.2, -0.15) is 13.2 Å². The Bertz CT molecular complexity index is 1190. The van der Waals surface area contributed by atoms with Crippen molar-refractivity contribution in [3.05, 3.63) is 53.1 Å². The molecule has 4 N–H and O–H groups in total. The van der Waals surface area contributed by atoms with E-state index in [1.807, 2.05) is 4.90 Å². The van der Waals surface area contributed by atoms with Crippen LogP contribution >= 0.6 is 11.3 Å². The Labute approximate surface area is 184 Å². The molecule has 1 saturated heterocycles. The molecule has 2 heterocycles. The zero-order chi connectivity index (χ0) is 23.0. The van der Waals surface area contributed by atoms with Gasteiger partial charge in [-0.1, -0.05) is 0 Å². The lowest BCUT2D eigenvalue weighted by atomic mass is 10.1. The Morgan fingerprint density at radius 1 is 1.09 bits per heavy atom. The van der Waals surface area contributed by atoms with Crippen molar-refractivity contribution in [2.45, 2.75) is 6.18 Å². The number of fused-ring (bicyclic) bond motifs is 1. The number of hydrogen-bond acceptors (Lipinski definition) is 6. The van der Waals surface area contributed by atoms with Gasteiger partial charge in [0.15, 0.2) is 0 Å². The summed E-state index contributed by atoms with van der Waals surface area (Å²) >= 11 is 1.06. The molecule has 0 aliphatic carbocycles. The Balaban J connectivity index is 1.73. The van der Waals surface area contributed by atoms with E-state index in [0.717, 1.165) is 35.6 Å². The maximum atomic E-state index is 12.8. The minimum atomic E-state index is -4.52. The van der Waals surface area contributed by atoms with Crippen molar-refractivity contribution in [1.29, 1.82) is 0 Å². The summed E-state index contributed by atoms with van der Waals surface area (Å²) in [4.78, 5) is 26.8. The molecule has 1 aliphatic heterocycles. The van der Waals surface area contributed by atoms with Crippen LogP contribution in [0.25, 0.3) is 10.1 Å². The number of carbonyl (C=O) groups is 2. The zero-order valence-electron chi connectivity index (χ0n) is 16.5. The number of phenolic OH excluding ortho intramolecular Hbond substituents is 1. The van der Waals surface area contributed by atoms with Gasteiger partial charge in [-0.15, -0.1) is 11.3 Å². The zero-order valence-corrected chi connectivity index (χ0v) is 17.3. The predicted octanol–water partition coefficient (Wildman–Crippen LogP) is 3.81. The third-order valence-electron chi connectivity index (χ3n) is 5.09. The summed E-state index contributed by atoms with van der Waals surface area (Å²) in [6, 6.07) is 6.72. The number of rotatable bonds is 4. The van der Waals surface area contributed by atoms with E-state index in [1.165, 1.54) is 6.07 Å². The van der Waals surface area contributed by atoms with Gasteiger partial charge in [-0.25, -0.2) is 0 Å². The molecule has 0 bridgehead atoms. The number of nitrogens with two attached hydrogens (primary N) is 1. The van der Waals surface area contributed by atoms with Crippen LogP contribution in [0.1, 0.15) is 26.3 Å². The number of carbonyl (C=O) groups excluding carboxylic acids is 2. The number of aromatic hydroxyl groups is 1. The average molecular weight is 465 g/mol. The van der Waals surface area contributed by atoms with E-state index >= 15 is 0 Å². The first-order valence-corrected chi connectivity index (χ1v) is 10.4. The van der Waals surface area contributed by atoms with Crippen LogP contribution < -0.4 is 16.0 Å². The summed E-state index contributed by atoms with van der Waals surface area (Å²) in [5.41, 5.74) is 5.26. The van der Waals surface area contributed by atoms with E-state index in [0.29, 0.717) is 42.1 Å². The normalized spacial score (nSPS) is 14.5. The topological polar surface area (TPSA) is 105 Å². The number of halogens is 3. The number of alkyl halides is 3. The van der Waals surface area contributed by atoms with Crippen molar-refractivity contribution in [3.63, 3.8) is 0 Å². The summed E-state index contributed by atoms with van der Waals surface area (Å²) < 4.78 is 44.2. The van der Waals surface area contributed by atoms with Crippen LogP contribution in [0.3, 0.4) is 0 Å². The number of anilines is 2. The number of amides is 2. The second-order valence-corrected chi connectivity index (χ2v) is 8.13. The molecule has 11 heteroatoms. The Kier molecular flexibility index (Phi) is 5.70. The van der Waals surface area contributed by atoms with Crippen LogP contribution in [-0.4, -0.2) is 43.2 Å². The lowest BCUT2D eigenvalue weighted by Crippen LogP contribution is -2.36. The molecule has 1 fully saturated rings. The predicted molar refractivity (Wildman–Crippen MR) is 114 cm³/mol. The molecule has 4 rings (SSSR count). The molecular weight excluding hydrogens is 447 g/mol. The lowest BCUT2D eigenvalue weighted by molar-refractivity contribution is -0.137. The maximum absolute atomic E-state index is 12.8. The van der Waals surface area contributed by atoms with Crippen molar-refractivity contribution >= 4 is 43.9 Å². The highest BCUT2D eigenvalue weighted by Crippen LogP contribution is 2.45. The number of benzene rings is 2. The number of primary amides is 1. The molecule has 1 aromatic heterocycles. The highest BCUT2D eigenvalue weighted by atomic mass is 32.1. The molecular formula is C21H18F3N3O4S. The summed E-state index contributed by atoms with van der Waals surface area (Å²) in [6.45, 7) is 2.01. The number of ether oxygens (including phenoxy) is 1. The first kappa shape index (κ1) is 21.9. The molecule has 32 heavy (non-hydrogen) atoms. The van der Waals surface area contributed by atoms with Crippen LogP contribution in [0.5, 0.6) is 5.75 Å². The van der Waals surface area contributed by atoms with Gasteiger partial charge in [0.25, 0.3) is 11.8 Å². The Morgan fingerprint density at radius 3 is 2.34 bits per heavy atom. The van der Waals surface area contributed by atoms with Crippen LogP contribution in [-0.2, 0) is 10.9 Å². The van der Waals surface area contributed by atoms with Crippen molar-refractivity contribution in [3.8, 4) is 5.75 Å². The molecule has 0 unspecified atom stereocenters. The second kappa shape index (κ2) is 8.32. The fraction of sp³-hybridized carbons (Fsp3) is 0.238. The van der Waals surface area contributed by atoms with E-state index in [2.05, 4.69) is 5.32 Å². The average Bonchev–Trinajstić information content (AvgIpc) is 3.11. The Morgan fingerprint density at radius 2 is 1.75 bits per heavy atom. The summed E-state index contributed by atoms with van der Waals surface area (Å²) in [5, 5.41) is 13.7. The van der Waals surface area contributed by atoms with Gasteiger partial charge in [0.1, 0.15) is 10.8 Å². The monoisotopic (exact) mass is 465 g/mol. The van der Waals surface area contributed by atoms with E-state index in [1.54, 1.807) is 6.07 Å². The molecule has 0 spiro atoms. The van der Waals surface area contributed by atoms with Gasteiger partial charge in [-0.3, -0.25) is 9.59 Å². The number of phenols is 1. The first-order chi connectivity index (χ1) is 15.2. The van der Waals surface area contributed by atoms with E-state index in [-0.39, 0.29) is 21.9 Å². The standard InChI is InChI=1S/C21H18F3N3O4S/c22-21(23,24)12-3-1-11(2-4-12)19(30)26-20-15(18(25)29)13-5-6-14(28)16(17(13)32-20)27-7-9-31-10-8-27/h1-6,28H,7-10H2,(H2,25,29)(H,26,30). The quantitative estimate of drug-likeness (QED) is 0.544. The summed E-state index contributed by atoms with van der Waals surface area (Å²) in [6.07, 6.45) is -4.52. The molecule has 2 amide bonds. The smallest absolute Gasteiger partial charge is 0.416 e. The van der Waals surface area contributed by atoms with Gasteiger partial charge in [-0.05, 0) is 36.4 Å². The van der Waals surface area contributed by atoms with Crippen molar-refractivity contribution in [1.82, 2.24) is 0 Å². The second-order valence-electron chi connectivity index (χ2n) is 7.11. The SMILES string of the molecule is NC(=O)c1c(NC(=O)c2ccc(C(F)(F)F)cc2)sc2c(N3CCOCC3)c(O)ccc12. The number of morpholine rings is 1. The molecule has 7 nitrogen and oxygen atoms in total. The number of thiophene rings is 1. The van der Waals surface area contributed by atoms with Gasteiger partial charge in [0.2, 0.25) is 0 Å². The largest absolute Gasteiger partial charge is 0.506 e. The summed E-state index contributed by atoms with van der Waals surface area (Å²) in [5.74, 6) is -1.46. The van der Waals surface area contributed by atoms with Crippen molar-refractivity contribution in [2.75, 3.05) is 36.5 Å². The minimum Gasteiger partial charge on any atom is -0.506 e. The highest BCUT2D eigenvalue weighted by molar-refractivity contribution is 7.24. The van der Waals surface area contributed by atoms with Crippen molar-refractivity contribution in [2.24, 2.45) is 5.73 Å². The number of nitrogens with one attached hydrogen (secondary N) is 1. The minimum absolute atomic E-state index is 0.0114. The molecule has 168 valence electrons. The molecule has 2 aromatic carbocycles. The van der Waals surface area contributed by atoms with E-state index in [9.17, 15) is 27.9 Å². The van der Waals surface area contributed by atoms with Gasteiger partial charge >= 0.3 is 6.18 Å². The number of nitrogens with zero attached hydrogens (tertiary/aromatic N) is 1. The molecule has 0 radical (unpaired) electrons. The fourth-order valence-corrected chi connectivity index (χ4v) is 4.82. The fourth-order valence-electron chi connectivity index (χ4n) is 3.55. The third kappa shape index (κ3) is 4.08. The van der Waals surface area contributed by atoms with Gasteiger partial charge in [0, 0.05) is 24.0 Å². The maximum Gasteiger partial charge on any atom is 0.416 e. The molecule has 1 aliphatic rings. The van der Waals surface area contributed by atoms with E-state index in [4.69, 9.17) is 10.5 Å².